The lowest BCUT2D eigenvalue weighted by Gasteiger charge is -2.24. The van der Waals surface area contributed by atoms with Crippen molar-refractivity contribution >= 4 is 27.0 Å². The van der Waals surface area contributed by atoms with Gasteiger partial charge in [-0.05, 0) is 54.6 Å². The number of aromatic nitrogens is 2. The third-order valence-electron chi connectivity index (χ3n) is 5.72. The highest BCUT2D eigenvalue weighted by Gasteiger charge is 2.47. The zero-order valence-corrected chi connectivity index (χ0v) is 16.7. The predicted octanol–water partition coefficient (Wildman–Crippen LogP) is 1.86. The molecular weight excluding hydrogens is 368 g/mol. The number of nitrogens with zero attached hydrogens (tertiary/aromatic N) is 4. The van der Waals surface area contributed by atoms with Crippen LogP contribution in [0.2, 0.25) is 0 Å². The first-order valence-electron chi connectivity index (χ1n) is 9.26. The van der Waals surface area contributed by atoms with Gasteiger partial charge in [-0.25, -0.2) is 13.0 Å². The smallest absolute Gasteiger partial charge is 0.245 e. The van der Waals surface area contributed by atoms with Crippen LogP contribution in [0.15, 0.2) is 15.6 Å². The van der Waals surface area contributed by atoms with E-state index in [1.54, 1.807) is 13.0 Å². The minimum absolute atomic E-state index is 0.149. The monoisotopic (exact) mass is 392 g/mol. The van der Waals surface area contributed by atoms with Crippen LogP contribution in [0.25, 0.3) is 11.0 Å². The summed E-state index contributed by atoms with van der Waals surface area (Å²) in [5.74, 6) is 0.149. The average molecular weight is 392 g/mol. The molecule has 0 bridgehead atoms. The number of benzene rings is 1. The molecule has 8 nitrogen and oxygen atoms in total. The zero-order chi connectivity index (χ0) is 19.4. The summed E-state index contributed by atoms with van der Waals surface area (Å²) in [6.07, 6.45) is 2.46. The highest BCUT2D eigenvalue weighted by molar-refractivity contribution is 7.89. The number of fused-ring (bicyclic) bond motifs is 1. The maximum Gasteiger partial charge on any atom is 0.245 e. The number of hydrogen-bond donors (Lipinski definition) is 0. The Morgan fingerprint density at radius 3 is 2.48 bits per heavy atom. The summed E-state index contributed by atoms with van der Waals surface area (Å²) in [4.78, 5) is 14.6. The number of amides is 1. The second-order valence-electron chi connectivity index (χ2n) is 7.91. The van der Waals surface area contributed by atoms with Crippen molar-refractivity contribution in [1.82, 2.24) is 19.5 Å². The molecule has 0 atom stereocenters. The van der Waals surface area contributed by atoms with Crippen molar-refractivity contribution < 1.29 is 17.8 Å². The van der Waals surface area contributed by atoms with Gasteiger partial charge >= 0.3 is 0 Å². The van der Waals surface area contributed by atoms with Crippen molar-refractivity contribution in [2.45, 2.75) is 44.9 Å². The zero-order valence-electron chi connectivity index (χ0n) is 15.9. The van der Waals surface area contributed by atoms with Gasteiger partial charge in [0.1, 0.15) is 10.4 Å². The van der Waals surface area contributed by atoms with Crippen LogP contribution < -0.4 is 0 Å². The molecule has 0 unspecified atom stereocenters. The normalized spacial score (nSPS) is 20.6. The van der Waals surface area contributed by atoms with Crippen molar-refractivity contribution in [3.63, 3.8) is 0 Å². The van der Waals surface area contributed by atoms with Crippen LogP contribution in [0.4, 0.5) is 0 Å². The van der Waals surface area contributed by atoms with Crippen molar-refractivity contribution in [3.8, 4) is 0 Å². The quantitative estimate of drug-likeness (QED) is 0.791. The van der Waals surface area contributed by atoms with Crippen molar-refractivity contribution in [1.29, 1.82) is 0 Å². The fourth-order valence-electron chi connectivity index (χ4n) is 3.82. The van der Waals surface area contributed by atoms with Crippen molar-refractivity contribution in [2.24, 2.45) is 5.41 Å². The topological polar surface area (TPSA) is 96.6 Å². The second kappa shape index (κ2) is 6.27. The fourth-order valence-corrected chi connectivity index (χ4v) is 5.61. The van der Waals surface area contributed by atoms with Gasteiger partial charge in [0.05, 0.1) is 0 Å². The van der Waals surface area contributed by atoms with Crippen LogP contribution in [0.3, 0.4) is 0 Å². The first kappa shape index (κ1) is 18.4. The SMILES string of the molecule is Cc1cc(C)c2nonc2c1S(=O)(=O)N1CCCN(C(=O)C2(C)CC2)CC1. The van der Waals surface area contributed by atoms with E-state index in [4.69, 9.17) is 4.63 Å². The molecule has 2 aromatic rings. The minimum atomic E-state index is -3.77. The van der Waals surface area contributed by atoms with Gasteiger partial charge < -0.3 is 4.90 Å². The summed E-state index contributed by atoms with van der Waals surface area (Å²) < 4.78 is 33.0. The van der Waals surface area contributed by atoms with Gasteiger partial charge in [0.25, 0.3) is 0 Å². The van der Waals surface area contributed by atoms with E-state index in [0.717, 1.165) is 18.4 Å². The van der Waals surface area contributed by atoms with E-state index in [9.17, 15) is 13.2 Å². The third-order valence-corrected chi connectivity index (χ3v) is 7.80. The molecule has 2 fully saturated rings. The Hall–Kier alpha value is -2.00. The molecule has 0 spiro atoms. The Kier molecular flexibility index (Phi) is 4.27. The van der Waals surface area contributed by atoms with Gasteiger partial charge in [-0.15, -0.1) is 0 Å². The van der Waals surface area contributed by atoms with Crippen LogP contribution in [0.1, 0.15) is 37.3 Å². The Labute approximate surface area is 158 Å². The highest BCUT2D eigenvalue weighted by atomic mass is 32.2. The number of hydrogen-bond acceptors (Lipinski definition) is 6. The lowest BCUT2D eigenvalue weighted by molar-refractivity contribution is -0.136. The number of carbonyl (C=O) groups is 1. The van der Waals surface area contributed by atoms with E-state index in [-0.39, 0.29) is 28.3 Å². The Bertz CT molecular complexity index is 1010. The molecule has 1 aromatic carbocycles. The van der Waals surface area contributed by atoms with Gasteiger partial charge in [-0.3, -0.25) is 4.79 Å². The molecule has 1 aliphatic heterocycles. The molecular formula is C18H24N4O4S. The summed E-state index contributed by atoms with van der Waals surface area (Å²) in [5, 5.41) is 7.70. The fraction of sp³-hybridized carbons (Fsp3) is 0.611. The molecule has 2 aliphatic rings. The summed E-state index contributed by atoms with van der Waals surface area (Å²) in [6, 6.07) is 1.79. The molecule has 1 amide bonds. The molecule has 9 heteroatoms. The van der Waals surface area contributed by atoms with Crippen LogP contribution >= 0.6 is 0 Å². The Morgan fingerprint density at radius 2 is 1.78 bits per heavy atom. The average Bonchev–Trinajstić information content (AvgIpc) is 3.26. The molecule has 2 heterocycles. The molecule has 1 aliphatic carbocycles. The number of rotatable bonds is 3. The molecule has 146 valence electrons. The van der Waals surface area contributed by atoms with Crippen LogP contribution in [0, 0.1) is 19.3 Å². The van der Waals surface area contributed by atoms with Crippen molar-refractivity contribution in [2.75, 3.05) is 26.2 Å². The first-order valence-corrected chi connectivity index (χ1v) is 10.7. The van der Waals surface area contributed by atoms with Crippen LogP contribution in [-0.2, 0) is 14.8 Å². The van der Waals surface area contributed by atoms with E-state index in [1.807, 2.05) is 18.7 Å². The van der Waals surface area contributed by atoms with Crippen molar-refractivity contribution in [3.05, 3.63) is 17.2 Å². The maximum absolute atomic E-state index is 13.4. The van der Waals surface area contributed by atoms with Crippen LogP contribution in [-0.4, -0.2) is 60.0 Å². The second-order valence-corrected chi connectivity index (χ2v) is 9.79. The number of aryl methyl sites for hydroxylation is 2. The molecule has 0 N–H and O–H groups in total. The van der Waals surface area contributed by atoms with Gasteiger partial charge in [0, 0.05) is 31.6 Å². The van der Waals surface area contributed by atoms with E-state index >= 15 is 0 Å². The molecule has 0 radical (unpaired) electrons. The molecule has 1 aromatic heterocycles. The molecule has 1 saturated carbocycles. The molecule has 27 heavy (non-hydrogen) atoms. The summed E-state index contributed by atoms with van der Waals surface area (Å²) in [6.45, 7) is 7.26. The number of carbonyl (C=O) groups excluding carboxylic acids is 1. The predicted molar refractivity (Wildman–Crippen MR) is 98.6 cm³/mol. The van der Waals surface area contributed by atoms with Gasteiger partial charge in [-0.1, -0.05) is 13.0 Å². The third kappa shape index (κ3) is 3.02. The standard InChI is InChI=1S/C18H24N4O4S/c1-12-11-13(2)16(15-14(12)19-26-20-15)27(24,25)22-8-4-7-21(9-10-22)17(23)18(3)5-6-18/h11H,4-10H2,1-3H3. The largest absolute Gasteiger partial charge is 0.341 e. The van der Waals surface area contributed by atoms with E-state index in [2.05, 4.69) is 10.3 Å². The van der Waals surface area contributed by atoms with E-state index < -0.39 is 10.0 Å². The van der Waals surface area contributed by atoms with Gasteiger partial charge in [-0.2, -0.15) is 4.31 Å². The summed E-state index contributed by atoms with van der Waals surface area (Å²) in [7, 11) is -3.77. The Balaban J connectivity index is 1.63. The first-order chi connectivity index (χ1) is 12.7. The lowest BCUT2D eigenvalue weighted by Crippen LogP contribution is -2.40. The molecule has 4 rings (SSSR count). The highest BCUT2D eigenvalue weighted by Crippen LogP contribution is 2.46. The summed E-state index contributed by atoms with van der Waals surface area (Å²) in [5.41, 5.74) is 1.95. The maximum atomic E-state index is 13.4. The molecule has 1 saturated heterocycles. The minimum Gasteiger partial charge on any atom is -0.341 e. The van der Waals surface area contributed by atoms with E-state index in [0.29, 0.717) is 37.1 Å². The van der Waals surface area contributed by atoms with Crippen LogP contribution in [0.5, 0.6) is 0 Å². The lowest BCUT2D eigenvalue weighted by atomic mass is 10.1. The summed E-state index contributed by atoms with van der Waals surface area (Å²) >= 11 is 0. The van der Waals surface area contributed by atoms with Gasteiger partial charge in [0.15, 0.2) is 5.52 Å². The van der Waals surface area contributed by atoms with Gasteiger partial charge in [0.2, 0.25) is 15.9 Å². The van der Waals surface area contributed by atoms with E-state index in [1.165, 1.54) is 4.31 Å². The number of sulfonamides is 1. The Morgan fingerprint density at radius 1 is 1.07 bits per heavy atom.